The molecule has 17 heavy (non-hydrogen) atoms. The van der Waals surface area contributed by atoms with E-state index in [9.17, 15) is 0 Å². The Bertz CT molecular complexity index is 363. The summed E-state index contributed by atoms with van der Waals surface area (Å²) in [5, 5.41) is 0. The Morgan fingerprint density at radius 1 is 0.765 bits per heavy atom. The Hall–Kier alpha value is 0.204. The molecule has 0 bridgehead atoms. The van der Waals surface area contributed by atoms with E-state index in [1.807, 2.05) is 0 Å². The first-order chi connectivity index (χ1) is 7.39. The van der Waals surface area contributed by atoms with Crippen LogP contribution in [-0.2, 0) is 0 Å². The fraction of sp³-hybridized carbons (Fsp3) is 0.714. The van der Waals surface area contributed by atoms with Crippen molar-refractivity contribution in [2.75, 3.05) is 0 Å². The summed E-state index contributed by atoms with van der Waals surface area (Å²) < 4.78 is 0.232. The summed E-state index contributed by atoms with van der Waals surface area (Å²) in [7, 11) is -3.21. The summed E-state index contributed by atoms with van der Waals surface area (Å²) in [6.45, 7) is 21.3. The topological polar surface area (TPSA) is 0 Å². The smallest absolute Gasteiger partial charge is 0.161 e. The van der Waals surface area contributed by atoms with Gasteiger partial charge in [-0.05, 0) is 38.8 Å². The van der Waals surface area contributed by atoms with Crippen LogP contribution in [0.25, 0.3) is 0 Å². The molecule has 1 aliphatic rings. The van der Waals surface area contributed by atoms with Gasteiger partial charge < -0.3 is 0 Å². The van der Waals surface area contributed by atoms with Crippen molar-refractivity contribution in [1.82, 2.24) is 0 Å². The molecule has 0 atom stereocenters. The minimum atomic E-state index is -1.80. The van der Waals surface area contributed by atoms with Crippen molar-refractivity contribution >= 4 is 26.5 Å². The normalized spacial score (nSPS) is 21.5. The molecule has 0 spiro atoms. The summed E-state index contributed by atoms with van der Waals surface area (Å²) in [5.74, 6) is 0. The van der Waals surface area contributed by atoms with E-state index in [4.69, 9.17) is 11.1 Å². The third kappa shape index (κ3) is 1.84. The first-order valence-electron chi connectivity index (χ1n) is 6.44. The predicted molar refractivity (Wildman–Crippen MR) is 86.1 cm³/mol. The molecule has 0 amide bonds. The zero-order valence-electron chi connectivity index (χ0n) is 12.9. The van der Waals surface area contributed by atoms with Crippen LogP contribution >= 0.6 is 11.1 Å². The van der Waals surface area contributed by atoms with E-state index in [0.717, 1.165) is 0 Å². The lowest BCUT2D eigenvalue weighted by Crippen LogP contribution is -2.54. The zero-order valence-corrected chi connectivity index (χ0v) is 15.6. The molecule has 0 saturated heterocycles. The molecule has 0 aromatic rings. The van der Waals surface area contributed by atoms with Crippen LogP contribution in [0.2, 0.25) is 37.4 Å². The molecular formula is C14H27ClSi2. The highest BCUT2D eigenvalue weighted by molar-refractivity contribution is 7.26. The van der Waals surface area contributed by atoms with E-state index in [2.05, 4.69) is 60.4 Å². The average Bonchev–Trinajstić information content (AvgIpc) is 2.26. The average molecular weight is 287 g/mol. The van der Waals surface area contributed by atoms with Crippen LogP contribution in [0.15, 0.2) is 22.3 Å². The van der Waals surface area contributed by atoms with Crippen LogP contribution in [0.5, 0.6) is 0 Å². The summed E-state index contributed by atoms with van der Waals surface area (Å²) in [4.78, 5) is 0. The number of hydrogen-bond donors (Lipinski definition) is 0. The molecule has 0 saturated carbocycles. The minimum Gasteiger partial charge on any atom is -0.167 e. The van der Waals surface area contributed by atoms with Gasteiger partial charge in [-0.25, -0.2) is 0 Å². The van der Waals surface area contributed by atoms with Gasteiger partial charge in [-0.2, -0.15) is 11.1 Å². The summed E-state index contributed by atoms with van der Waals surface area (Å²) in [5.41, 5.74) is 6.12. The van der Waals surface area contributed by atoms with E-state index in [-0.39, 0.29) is 4.66 Å². The van der Waals surface area contributed by atoms with Gasteiger partial charge in [0.25, 0.3) is 0 Å². The third-order valence-electron chi connectivity index (χ3n) is 4.83. The molecule has 0 fully saturated rings. The molecule has 0 N–H and O–H groups in total. The molecule has 0 aliphatic heterocycles. The van der Waals surface area contributed by atoms with Crippen LogP contribution in [0.1, 0.15) is 27.7 Å². The van der Waals surface area contributed by atoms with Gasteiger partial charge in [-0.3, -0.25) is 0 Å². The first kappa shape index (κ1) is 15.3. The van der Waals surface area contributed by atoms with Crippen LogP contribution in [0.3, 0.4) is 0 Å². The monoisotopic (exact) mass is 286 g/mol. The third-order valence-corrected chi connectivity index (χ3v) is 15.8. The van der Waals surface area contributed by atoms with Crippen molar-refractivity contribution in [1.29, 1.82) is 0 Å². The predicted octanol–water partition coefficient (Wildman–Crippen LogP) is 5.73. The SMILES string of the molecule is CC1=C(C)C([Si](C)(C)C)([Si](C)(C)Cl)C(C)=C1C. The van der Waals surface area contributed by atoms with Gasteiger partial charge in [0, 0.05) is 4.66 Å². The van der Waals surface area contributed by atoms with Crippen LogP contribution in [0.4, 0.5) is 0 Å². The van der Waals surface area contributed by atoms with Crippen molar-refractivity contribution in [2.24, 2.45) is 0 Å². The molecular weight excluding hydrogens is 260 g/mol. The minimum absolute atomic E-state index is 0.232. The van der Waals surface area contributed by atoms with Gasteiger partial charge in [0.2, 0.25) is 0 Å². The van der Waals surface area contributed by atoms with Crippen molar-refractivity contribution in [3.63, 3.8) is 0 Å². The lowest BCUT2D eigenvalue weighted by Gasteiger charge is -2.50. The van der Waals surface area contributed by atoms with Gasteiger partial charge in [-0.1, -0.05) is 43.9 Å². The Morgan fingerprint density at radius 3 is 1.18 bits per heavy atom. The molecule has 0 nitrogen and oxygen atoms in total. The molecule has 98 valence electrons. The summed E-state index contributed by atoms with van der Waals surface area (Å²) in [6.07, 6.45) is 0. The highest BCUT2D eigenvalue weighted by Gasteiger charge is 2.59. The lowest BCUT2D eigenvalue weighted by atomic mass is 10.1. The maximum Gasteiger partial charge on any atom is 0.161 e. The Kier molecular flexibility index (Phi) is 3.69. The maximum absolute atomic E-state index is 7.01. The first-order valence-corrected chi connectivity index (χ1v) is 14.0. The van der Waals surface area contributed by atoms with Gasteiger partial charge in [0.15, 0.2) is 7.38 Å². The van der Waals surface area contributed by atoms with E-state index >= 15 is 0 Å². The Balaban J connectivity index is 3.72. The highest BCUT2D eigenvalue weighted by Crippen LogP contribution is 2.64. The quantitative estimate of drug-likeness (QED) is 0.449. The number of hydrogen-bond acceptors (Lipinski definition) is 0. The van der Waals surface area contributed by atoms with Crippen LogP contribution < -0.4 is 0 Å². The maximum atomic E-state index is 7.01. The van der Waals surface area contributed by atoms with Crippen molar-refractivity contribution in [3.8, 4) is 0 Å². The van der Waals surface area contributed by atoms with E-state index in [1.165, 1.54) is 11.1 Å². The van der Waals surface area contributed by atoms with Gasteiger partial charge in [0.1, 0.15) is 0 Å². The van der Waals surface area contributed by atoms with Crippen LogP contribution in [-0.4, -0.2) is 15.5 Å². The zero-order chi connectivity index (χ0) is 13.8. The van der Waals surface area contributed by atoms with Crippen molar-refractivity contribution in [3.05, 3.63) is 22.3 Å². The largest absolute Gasteiger partial charge is 0.167 e. The second kappa shape index (κ2) is 4.11. The fourth-order valence-corrected chi connectivity index (χ4v) is 19.6. The summed E-state index contributed by atoms with van der Waals surface area (Å²) in [6, 6.07) is 0. The lowest BCUT2D eigenvalue weighted by molar-refractivity contribution is 0.945. The Labute approximate surface area is 114 Å². The molecule has 1 rings (SSSR count). The Morgan fingerprint density at radius 2 is 1.06 bits per heavy atom. The highest BCUT2D eigenvalue weighted by atomic mass is 35.6. The molecule has 0 unspecified atom stereocenters. The molecule has 0 radical (unpaired) electrons. The summed E-state index contributed by atoms with van der Waals surface area (Å²) >= 11 is 7.01. The van der Waals surface area contributed by atoms with Crippen molar-refractivity contribution < 1.29 is 0 Å². The molecule has 0 aromatic carbocycles. The molecule has 0 aromatic heterocycles. The number of halogens is 1. The van der Waals surface area contributed by atoms with Gasteiger partial charge in [-0.15, -0.1) is 0 Å². The van der Waals surface area contributed by atoms with Gasteiger partial charge in [0.05, 0.1) is 8.07 Å². The molecule has 1 aliphatic carbocycles. The number of allylic oxidation sites excluding steroid dienone is 4. The van der Waals surface area contributed by atoms with Crippen LogP contribution in [0, 0.1) is 0 Å². The standard InChI is InChI=1S/C14H27ClSi2/c1-10-11(2)13(4)14(12(10)3,16(5,6)7)17(8,9)15/h1-9H3. The van der Waals surface area contributed by atoms with E-state index in [1.54, 1.807) is 11.1 Å². The number of rotatable bonds is 2. The van der Waals surface area contributed by atoms with Crippen molar-refractivity contribution in [2.45, 2.75) is 65.1 Å². The second-order valence-corrected chi connectivity index (χ2v) is 19.3. The molecule has 0 heterocycles. The van der Waals surface area contributed by atoms with E-state index in [0.29, 0.717) is 0 Å². The van der Waals surface area contributed by atoms with E-state index < -0.39 is 15.5 Å². The fourth-order valence-electron chi connectivity index (χ4n) is 4.31. The second-order valence-electron chi connectivity index (χ2n) is 6.97. The van der Waals surface area contributed by atoms with Gasteiger partial charge >= 0.3 is 0 Å². The molecule has 3 heteroatoms.